The Kier molecular flexibility index (Phi) is 14.1. The second-order valence-corrected chi connectivity index (χ2v) is 25.5. The van der Waals surface area contributed by atoms with Gasteiger partial charge in [-0.25, -0.2) is 24.9 Å². The van der Waals surface area contributed by atoms with Crippen LogP contribution in [0.4, 0.5) is 34.1 Å². The van der Waals surface area contributed by atoms with Gasteiger partial charge in [0, 0.05) is 78.3 Å². The largest absolute Gasteiger partial charge is 0.311 e. The molecular weight excluding hydrogens is 1220 g/mol. The predicted molar refractivity (Wildman–Crippen MR) is 413 cm³/mol. The Bertz CT molecular complexity index is 5800. The van der Waals surface area contributed by atoms with Gasteiger partial charge in [0.15, 0.2) is 23.3 Å². The maximum Gasteiger partial charge on any atom is 0.252 e. The van der Waals surface area contributed by atoms with E-state index in [1.807, 2.05) is 54.6 Å². The molecule has 17 aromatic rings. The predicted octanol–water partition coefficient (Wildman–Crippen LogP) is 20.8. The monoisotopic (exact) mass is 1270 g/mol. The fraction of sp³-hybridized carbons (Fsp3) is 0. The van der Waals surface area contributed by atoms with E-state index in [0.717, 1.165) is 117 Å². The SMILES string of the molecule is c1ccc(-c2ccc3c(c2)c2cc(-c4ccccc4)ccc2n3-c2ccc(-c3cc(-c4ccccc4)nc(-c4ccccc4)n3)cc2-c2nc(-c3ccccc3)nc(-c3ccc(-c4ccc(N5c6ccccc6B6c7ccccc7N(c7ccccc7)c7cccc5c76)cc4)cc3)n2)cc1. The smallest absolute Gasteiger partial charge is 0.252 e. The topological polar surface area (TPSA) is 75.9 Å². The lowest BCUT2D eigenvalue weighted by molar-refractivity contribution is 1.06. The second kappa shape index (κ2) is 24.4. The lowest BCUT2D eigenvalue weighted by Crippen LogP contribution is -2.61. The van der Waals surface area contributed by atoms with Crippen molar-refractivity contribution in [2.24, 2.45) is 0 Å². The van der Waals surface area contributed by atoms with Crippen LogP contribution in [0.5, 0.6) is 0 Å². The Labute approximate surface area is 579 Å². The molecule has 9 heteroatoms. The number of aromatic nitrogens is 6. The molecule has 0 N–H and O–H groups in total. The molecule has 2 aliphatic rings. The van der Waals surface area contributed by atoms with Crippen LogP contribution in [0, 0.1) is 0 Å². The lowest BCUT2D eigenvalue weighted by Gasteiger charge is -2.44. The average Bonchev–Trinajstić information content (AvgIpc) is 0.941. The minimum atomic E-state index is 0.0688. The van der Waals surface area contributed by atoms with Crippen LogP contribution in [0.15, 0.2) is 358 Å². The Balaban J connectivity index is 0.753. The summed E-state index contributed by atoms with van der Waals surface area (Å²) in [6.45, 7) is 0.0688. The van der Waals surface area contributed by atoms with Crippen LogP contribution in [-0.2, 0) is 0 Å². The van der Waals surface area contributed by atoms with Crippen molar-refractivity contribution >= 4 is 79.0 Å². The van der Waals surface area contributed by atoms with Crippen molar-refractivity contribution in [3.8, 4) is 107 Å². The van der Waals surface area contributed by atoms with E-state index in [1.54, 1.807) is 0 Å². The third-order valence-corrected chi connectivity index (χ3v) is 19.7. The van der Waals surface area contributed by atoms with Gasteiger partial charge in [-0.3, -0.25) is 0 Å². The summed E-state index contributed by atoms with van der Waals surface area (Å²) in [4.78, 5) is 31.9. The quantitative estimate of drug-likeness (QED) is 0.113. The maximum atomic E-state index is 5.58. The normalized spacial score (nSPS) is 12.1. The Morgan fingerprint density at radius 1 is 0.220 bits per heavy atom. The van der Waals surface area contributed by atoms with Crippen molar-refractivity contribution in [3.05, 3.63) is 358 Å². The fourth-order valence-electron chi connectivity index (χ4n) is 15.0. The van der Waals surface area contributed by atoms with Crippen LogP contribution in [0.1, 0.15) is 0 Å². The van der Waals surface area contributed by atoms with E-state index < -0.39 is 0 Å². The Morgan fingerprint density at radius 2 is 0.580 bits per heavy atom. The summed E-state index contributed by atoms with van der Waals surface area (Å²) >= 11 is 0. The van der Waals surface area contributed by atoms with E-state index in [2.05, 4.69) is 318 Å². The van der Waals surface area contributed by atoms with Crippen LogP contribution >= 0.6 is 0 Å². The summed E-state index contributed by atoms with van der Waals surface area (Å²) in [5.74, 6) is 2.25. The molecule has 0 spiro atoms. The number of fused-ring (bicyclic) bond motifs is 7. The maximum absolute atomic E-state index is 5.58. The molecular formula is C91H59BN8. The molecule has 0 fully saturated rings. The van der Waals surface area contributed by atoms with Gasteiger partial charge < -0.3 is 14.4 Å². The van der Waals surface area contributed by atoms with Crippen molar-refractivity contribution in [2.75, 3.05) is 9.80 Å². The molecule has 0 saturated carbocycles. The molecule has 0 unspecified atom stereocenters. The third kappa shape index (κ3) is 10.1. The molecule has 19 rings (SSSR count). The fourth-order valence-corrected chi connectivity index (χ4v) is 15.0. The van der Waals surface area contributed by atoms with Crippen molar-refractivity contribution in [1.82, 2.24) is 29.5 Å². The Hall–Kier alpha value is -13.4. The summed E-state index contributed by atoms with van der Waals surface area (Å²) in [5.41, 5.74) is 27.5. The van der Waals surface area contributed by atoms with Crippen LogP contribution in [0.2, 0.25) is 0 Å². The van der Waals surface area contributed by atoms with E-state index in [-0.39, 0.29) is 6.71 Å². The lowest BCUT2D eigenvalue weighted by atomic mass is 9.33. The molecule has 100 heavy (non-hydrogen) atoms. The minimum absolute atomic E-state index is 0.0688. The molecule has 0 atom stereocenters. The van der Waals surface area contributed by atoms with Crippen LogP contribution < -0.4 is 26.2 Å². The molecule has 0 bridgehead atoms. The third-order valence-electron chi connectivity index (χ3n) is 19.7. The van der Waals surface area contributed by atoms with Crippen molar-refractivity contribution in [1.29, 1.82) is 0 Å². The zero-order valence-corrected chi connectivity index (χ0v) is 54.2. The zero-order chi connectivity index (χ0) is 66.0. The van der Waals surface area contributed by atoms with Gasteiger partial charge in [0.05, 0.1) is 28.1 Å². The van der Waals surface area contributed by atoms with Gasteiger partial charge >= 0.3 is 0 Å². The molecule has 5 heterocycles. The number of benzene rings is 14. The first-order valence-corrected chi connectivity index (χ1v) is 33.9. The number of rotatable bonds is 12. The zero-order valence-electron chi connectivity index (χ0n) is 54.2. The number of hydrogen-bond acceptors (Lipinski definition) is 7. The molecule has 466 valence electrons. The molecule has 8 nitrogen and oxygen atoms in total. The van der Waals surface area contributed by atoms with Gasteiger partial charge in [-0.15, -0.1) is 0 Å². The first-order valence-electron chi connectivity index (χ1n) is 33.9. The molecule has 0 aliphatic carbocycles. The molecule has 0 amide bonds. The van der Waals surface area contributed by atoms with Crippen molar-refractivity contribution in [2.45, 2.75) is 0 Å². The minimum Gasteiger partial charge on any atom is -0.311 e. The summed E-state index contributed by atoms with van der Waals surface area (Å²) in [6, 6.07) is 127. The molecule has 0 radical (unpaired) electrons. The first kappa shape index (κ1) is 58.0. The van der Waals surface area contributed by atoms with E-state index in [0.29, 0.717) is 23.3 Å². The van der Waals surface area contributed by atoms with Gasteiger partial charge in [0.25, 0.3) is 6.71 Å². The van der Waals surface area contributed by atoms with E-state index in [1.165, 1.54) is 39.1 Å². The summed E-state index contributed by atoms with van der Waals surface area (Å²) in [7, 11) is 0. The molecule has 0 saturated heterocycles. The number of anilines is 6. The van der Waals surface area contributed by atoms with Crippen LogP contribution in [0.3, 0.4) is 0 Å². The second-order valence-electron chi connectivity index (χ2n) is 25.5. The van der Waals surface area contributed by atoms with E-state index >= 15 is 0 Å². The standard InChI is InChI=1S/C91H59BN8/c1-7-24-60(25-8-1)68-48-53-80-73(56-68)74-57-69(61-26-9-2-10-27-61)49-54-81(74)100(80)82-55-50-70(79-59-78(64-28-11-3-12-29-64)93-88(94-79)65-30-13-4-14-31-65)58-75(82)91-96-89(66-32-15-5-16-33-66)95-90(97-91)67-44-42-62(43-45-67)63-46-51-72(52-47-63)99-84-39-22-20-37-77(84)92-76-36-19-21-38-83(76)98(71-34-17-6-18-35-71)85-40-23-41-86(99)87(85)92/h1-59H. The highest BCUT2D eigenvalue weighted by molar-refractivity contribution is 7.00. The Morgan fingerprint density at radius 3 is 1.10 bits per heavy atom. The number of para-hydroxylation sites is 3. The highest BCUT2D eigenvalue weighted by Crippen LogP contribution is 2.46. The van der Waals surface area contributed by atoms with E-state index in [9.17, 15) is 0 Å². The van der Waals surface area contributed by atoms with Gasteiger partial charge in [0.1, 0.15) is 0 Å². The summed E-state index contributed by atoms with van der Waals surface area (Å²) in [6.07, 6.45) is 0. The highest BCUT2D eigenvalue weighted by atomic mass is 15.2. The van der Waals surface area contributed by atoms with Gasteiger partial charge in [-0.2, -0.15) is 0 Å². The highest BCUT2D eigenvalue weighted by Gasteiger charge is 2.43. The van der Waals surface area contributed by atoms with Crippen molar-refractivity contribution in [3.63, 3.8) is 0 Å². The summed E-state index contributed by atoms with van der Waals surface area (Å²) < 4.78 is 2.39. The van der Waals surface area contributed by atoms with Gasteiger partial charge in [-0.1, -0.05) is 267 Å². The molecule has 2 aliphatic heterocycles. The molecule has 3 aromatic heterocycles. The van der Waals surface area contributed by atoms with E-state index in [4.69, 9.17) is 24.9 Å². The average molecular weight is 1280 g/mol. The number of hydrogen-bond donors (Lipinski definition) is 0. The summed E-state index contributed by atoms with van der Waals surface area (Å²) in [5, 5.41) is 2.26. The van der Waals surface area contributed by atoms with Gasteiger partial charge in [-0.05, 0) is 141 Å². The number of nitrogens with zero attached hydrogens (tertiary/aromatic N) is 8. The van der Waals surface area contributed by atoms with Crippen molar-refractivity contribution < 1.29 is 0 Å². The first-order chi connectivity index (χ1) is 49.6. The van der Waals surface area contributed by atoms with Gasteiger partial charge in [0.2, 0.25) is 0 Å². The molecule has 14 aromatic carbocycles. The van der Waals surface area contributed by atoms with Crippen LogP contribution in [0.25, 0.3) is 129 Å². The van der Waals surface area contributed by atoms with Crippen LogP contribution in [-0.4, -0.2) is 36.2 Å².